The standard InChI is InChI=1S/C25H15Cl3FN7/c26-17-6-7-19(22(29)21(17)28)34-23-14(10-30)11-31-25-16(23)8-15(9-18(25)27)33-24(20-12-32-36-35-20)13-4-2-1-3-5-13/h1-9,11-12,24,33H,(H,31,34)(H,32,35,36)/t24-/m0/s1/i24D. The minimum atomic E-state index is -1.55. The molecule has 0 saturated heterocycles. The molecule has 0 aliphatic heterocycles. The summed E-state index contributed by atoms with van der Waals surface area (Å²) in [6.07, 6.45) is 2.79. The summed E-state index contributed by atoms with van der Waals surface area (Å²) in [4.78, 5) is 4.32. The van der Waals surface area contributed by atoms with Gasteiger partial charge in [0.1, 0.15) is 11.8 Å². The van der Waals surface area contributed by atoms with Gasteiger partial charge in [-0.3, -0.25) is 4.98 Å². The van der Waals surface area contributed by atoms with Crippen LogP contribution >= 0.6 is 34.8 Å². The second kappa shape index (κ2) is 9.99. The van der Waals surface area contributed by atoms with Crippen LogP contribution in [0.25, 0.3) is 10.9 Å². The summed E-state index contributed by atoms with van der Waals surface area (Å²) in [5, 5.41) is 26.8. The summed E-state index contributed by atoms with van der Waals surface area (Å²) in [5.41, 5.74) is 2.11. The van der Waals surface area contributed by atoms with Crippen LogP contribution in [0.5, 0.6) is 0 Å². The lowest BCUT2D eigenvalue weighted by molar-refractivity contribution is 0.632. The number of pyridine rings is 1. The van der Waals surface area contributed by atoms with E-state index in [0.717, 1.165) is 0 Å². The predicted molar refractivity (Wildman–Crippen MR) is 139 cm³/mol. The number of nitriles is 1. The molecule has 0 spiro atoms. The van der Waals surface area contributed by atoms with E-state index >= 15 is 0 Å². The minimum absolute atomic E-state index is 0.00889. The Labute approximate surface area is 221 Å². The topological polar surface area (TPSA) is 102 Å². The summed E-state index contributed by atoms with van der Waals surface area (Å²) >= 11 is 18.5. The molecule has 0 bridgehead atoms. The van der Waals surface area contributed by atoms with E-state index in [1.165, 1.54) is 24.5 Å². The van der Waals surface area contributed by atoms with Crippen molar-refractivity contribution < 1.29 is 5.76 Å². The van der Waals surface area contributed by atoms with E-state index in [4.69, 9.17) is 34.8 Å². The van der Waals surface area contributed by atoms with Crippen molar-refractivity contribution in [2.24, 2.45) is 0 Å². The summed E-state index contributed by atoms with van der Waals surface area (Å²) < 4.78 is 24.1. The Morgan fingerprint density at radius 3 is 2.58 bits per heavy atom. The number of halogens is 4. The van der Waals surface area contributed by atoms with Crippen LogP contribution in [0.1, 0.15) is 24.2 Å². The zero-order chi connectivity index (χ0) is 26.2. The molecule has 0 unspecified atom stereocenters. The fourth-order valence-electron chi connectivity index (χ4n) is 3.66. The Hall–Kier alpha value is -3.90. The van der Waals surface area contributed by atoms with Crippen molar-refractivity contribution in [1.82, 2.24) is 20.4 Å². The average Bonchev–Trinajstić information content (AvgIpc) is 3.46. The molecule has 2 heterocycles. The van der Waals surface area contributed by atoms with Gasteiger partial charge in [0.25, 0.3) is 0 Å². The van der Waals surface area contributed by atoms with E-state index in [0.29, 0.717) is 27.8 Å². The smallest absolute Gasteiger partial charge is 0.166 e. The first-order valence-corrected chi connectivity index (χ1v) is 11.6. The van der Waals surface area contributed by atoms with Crippen LogP contribution in [0.15, 0.2) is 67.0 Å². The highest BCUT2D eigenvalue weighted by molar-refractivity contribution is 6.42. The van der Waals surface area contributed by atoms with Crippen molar-refractivity contribution >= 4 is 62.8 Å². The summed E-state index contributed by atoms with van der Waals surface area (Å²) in [6, 6.07) is 15.7. The lowest BCUT2D eigenvalue weighted by atomic mass is 10.0. The van der Waals surface area contributed by atoms with Gasteiger partial charge < -0.3 is 10.6 Å². The van der Waals surface area contributed by atoms with Gasteiger partial charge in [0, 0.05) is 17.3 Å². The maximum Gasteiger partial charge on any atom is 0.166 e. The Kier molecular flexibility index (Phi) is 6.26. The molecule has 0 saturated carbocycles. The largest absolute Gasteiger partial charge is 0.373 e. The van der Waals surface area contributed by atoms with E-state index in [-0.39, 0.29) is 32.0 Å². The molecule has 0 fully saturated rings. The molecule has 7 nitrogen and oxygen atoms in total. The molecule has 0 amide bonds. The van der Waals surface area contributed by atoms with E-state index in [2.05, 4.69) is 37.1 Å². The van der Waals surface area contributed by atoms with Gasteiger partial charge in [-0.25, -0.2) is 4.39 Å². The molecule has 5 rings (SSSR count). The summed E-state index contributed by atoms with van der Waals surface area (Å²) in [6.45, 7) is 0. The van der Waals surface area contributed by atoms with E-state index in [1.807, 2.05) is 18.2 Å². The van der Waals surface area contributed by atoms with E-state index < -0.39 is 11.8 Å². The molecule has 36 heavy (non-hydrogen) atoms. The second-order valence-electron chi connectivity index (χ2n) is 7.58. The maximum absolute atomic E-state index is 14.9. The Bertz CT molecular complexity index is 1660. The van der Waals surface area contributed by atoms with Crippen molar-refractivity contribution in [3.63, 3.8) is 0 Å². The summed E-state index contributed by atoms with van der Waals surface area (Å²) in [7, 11) is 0. The van der Waals surface area contributed by atoms with Crippen LogP contribution in [-0.2, 0) is 0 Å². The highest BCUT2D eigenvalue weighted by Crippen LogP contribution is 2.38. The Morgan fingerprint density at radius 2 is 1.86 bits per heavy atom. The molecule has 0 aliphatic carbocycles. The third kappa shape index (κ3) is 4.52. The first-order chi connectivity index (χ1) is 17.8. The van der Waals surface area contributed by atoms with Crippen LogP contribution in [0.4, 0.5) is 21.5 Å². The lowest BCUT2D eigenvalue weighted by Crippen LogP contribution is -2.13. The molecule has 178 valence electrons. The van der Waals surface area contributed by atoms with Crippen molar-refractivity contribution in [2.75, 3.05) is 10.6 Å². The monoisotopic (exact) mass is 538 g/mol. The minimum Gasteiger partial charge on any atom is -0.373 e. The molecule has 11 heteroatoms. The number of rotatable bonds is 6. The first-order valence-electron chi connectivity index (χ1n) is 10.9. The fraction of sp³-hybridized carbons (Fsp3) is 0.0400. The van der Waals surface area contributed by atoms with Gasteiger partial charge >= 0.3 is 0 Å². The first kappa shape index (κ1) is 22.6. The Balaban J connectivity index is 1.67. The molecule has 0 aliphatic rings. The zero-order valence-corrected chi connectivity index (χ0v) is 20.4. The molecule has 3 N–H and O–H groups in total. The number of nitrogens with zero attached hydrogens (tertiary/aromatic N) is 4. The van der Waals surface area contributed by atoms with Crippen molar-refractivity contribution in [1.29, 1.82) is 5.26 Å². The van der Waals surface area contributed by atoms with Gasteiger partial charge in [0.15, 0.2) is 5.82 Å². The number of fused-ring (bicyclic) bond motifs is 1. The number of H-pyrrole nitrogens is 1. The molecular weight excluding hydrogens is 524 g/mol. The van der Waals surface area contributed by atoms with E-state index in [9.17, 15) is 11.0 Å². The SMILES string of the molecule is [2H][C@](Nc1cc(Cl)c2ncc(C#N)c(Nc3ccc(Cl)c(Cl)c3F)c2c1)(c1ccccc1)c1cn[nH]n1. The highest BCUT2D eigenvalue weighted by atomic mass is 35.5. The summed E-state index contributed by atoms with van der Waals surface area (Å²) in [5.74, 6) is -0.774. The van der Waals surface area contributed by atoms with Gasteiger partial charge in [-0.05, 0) is 29.8 Å². The van der Waals surface area contributed by atoms with Gasteiger partial charge in [-0.1, -0.05) is 65.1 Å². The van der Waals surface area contributed by atoms with E-state index in [1.54, 1.807) is 24.3 Å². The third-order valence-electron chi connectivity index (χ3n) is 5.34. The molecule has 0 radical (unpaired) electrons. The van der Waals surface area contributed by atoms with Crippen LogP contribution in [0.2, 0.25) is 15.1 Å². The fourth-order valence-corrected chi connectivity index (χ4v) is 4.24. The Morgan fingerprint density at radius 1 is 1.06 bits per heavy atom. The molecule has 5 aromatic rings. The molecule has 2 aromatic heterocycles. The van der Waals surface area contributed by atoms with Crippen LogP contribution in [0.3, 0.4) is 0 Å². The van der Waals surface area contributed by atoms with Crippen molar-refractivity contribution in [3.05, 3.63) is 105 Å². The normalized spacial score (nSPS) is 13.0. The molecule has 3 aromatic carbocycles. The molecule has 1 atom stereocenters. The highest BCUT2D eigenvalue weighted by Gasteiger charge is 2.20. The average molecular weight is 540 g/mol. The quantitative estimate of drug-likeness (QED) is 0.196. The van der Waals surface area contributed by atoms with Gasteiger partial charge in [0.2, 0.25) is 0 Å². The lowest BCUT2D eigenvalue weighted by Gasteiger charge is -2.20. The number of aromatic amines is 1. The molecular formula is C25H15Cl3FN7. The number of nitrogens with one attached hydrogen (secondary N) is 3. The number of benzene rings is 3. The van der Waals surface area contributed by atoms with Crippen LogP contribution in [-0.4, -0.2) is 20.4 Å². The van der Waals surface area contributed by atoms with Crippen LogP contribution in [0, 0.1) is 17.1 Å². The van der Waals surface area contributed by atoms with Gasteiger partial charge in [0.05, 0.1) is 51.1 Å². The number of hydrogen-bond donors (Lipinski definition) is 3. The van der Waals surface area contributed by atoms with Gasteiger partial charge in [-0.2, -0.15) is 20.7 Å². The second-order valence-corrected chi connectivity index (χ2v) is 8.77. The van der Waals surface area contributed by atoms with Gasteiger partial charge in [-0.15, -0.1) is 0 Å². The number of aromatic nitrogens is 4. The van der Waals surface area contributed by atoms with Crippen LogP contribution < -0.4 is 10.6 Å². The number of anilines is 3. The number of hydrogen-bond acceptors (Lipinski definition) is 6. The van der Waals surface area contributed by atoms with Crippen molar-refractivity contribution in [2.45, 2.75) is 6.02 Å². The zero-order valence-electron chi connectivity index (χ0n) is 19.2. The van der Waals surface area contributed by atoms with Crippen molar-refractivity contribution in [3.8, 4) is 6.07 Å². The third-order valence-corrected chi connectivity index (χ3v) is 6.41. The maximum atomic E-state index is 14.9. The predicted octanol–water partition coefficient (Wildman–Crippen LogP) is 7.27.